The summed E-state index contributed by atoms with van der Waals surface area (Å²) >= 11 is 0. The lowest BCUT2D eigenvalue weighted by Crippen LogP contribution is -2.46. The van der Waals surface area contributed by atoms with E-state index in [0.717, 1.165) is 44.4 Å². The molecule has 0 spiro atoms. The number of aryl methyl sites for hydroxylation is 1. The van der Waals surface area contributed by atoms with Crippen LogP contribution in [0.4, 0.5) is 5.82 Å². The lowest BCUT2D eigenvalue weighted by Gasteiger charge is -2.35. The monoisotopic (exact) mass is 282 g/mol. The molecule has 108 valence electrons. The van der Waals surface area contributed by atoms with Crippen LogP contribution >= 0.6 is 0 Å². The molecule has 0 N–H and O–H groups in total. The molecule has 0 unspecified atom stereocenters. The largest absolute Gasteiger partial charge is 0.354 e. The predicted octanol–water partition coefficient (Wildman–Crippen LogP) is 1.01. The lowest BCUT2D eigenvalue weighted by molar-refractivity contribution is 0.241. The highest BCUT2D eigenvalue weighted by Gasteiger charge is 2.19. The number of nitriles is 1. The summed E-state index contributed by atoms with van der Waals surface area (Å²) in [7, 11) is 2.03. The number of imidazole rings is 1. The van der Waals surface area contributed by atoms with Gasteiger partial charge in [-0.15, -0.1) is 0 Å². The fraction of sp³-hybridized carbons (Fsp3) is 0.400. The molecule has 21 heavy (non-hydrogen) atoms. The van der Waals surface area contributed by atoms with Gasteiger partial charge in [0.2, 0.25) is 0 Å². The third-order valence-electron chi connectivity index (χ3n) is 3.86. The minimum Gasteiger partial charge on any atom is -0.354 e. The van der Waals surface area contributed by atoms with E-state index in [1.165, 1.54) is 0 Å². The highest BCUT2D eigenvalue weighted by molar-refractivity contribution is 5.42. The molecule has 1 fully saturated rings. The van der Waals surface area contributed by atoms with Crippen molar-refractivity contribution in [3.8, 4) is 6.07 Å². The first kappa shape index (κ1) is 13.6. The minimum atomic E-state index is 0.604. The van der Waals surface area contributed by atoms with Gasteiger partial charge in [-0.1, -0.05) is 0 Å². The van der Waals surface area contributed by atoms with E-state index < -0.39 is 0 Å². The van der Waals surface area contributed by atoms with Crippen molar-refractivity contribution in [2.75, 3.05) is 31.1 Å². The van der Waals surface area contributed by atoms with Crippen LogP contribution < -0.4 is 4.90 Å². The second-order valence-corrected chi connectivity index (χ2v) is 5.23. The van der Waals surface area contributed by atoms with Gasteiger partial charge in [0.15, 0.2) is 0 Å². The van der Waals surface area contributed by atoms with Crippen molar-refractivity contribution >= 4 is 5.82 Å². The highest BCUT2D eigenvalue weighted by Crippen LogP contribution is 2.14. The summed E-state index contributed by atoms with van der Waals surface area (Å²) < 4.78 is 2.06. The smallest absolute Gasteiger partial charge is 0.128 e. The number of nitrogens with zero attached hydrogens (tertiary/aromatic N) is 6. The van der Waals surface area contributed by atoms with Crippen LogP contribution in [-0.2, 0) is 13.6 Å². The number of rotatable bonds is 3. The molecule has 1 aliphatic rings. The Morgan fingerprint density at radius 1 is 1.19 bits per heavy atom. The second-order valence-electron chi connectivity index (χ2n) is 5.23. The zero-order valence-electron chi connectivity index (χ0n) is 12.1. The van der Waals surface area contributed by atoms with E-state index in [1.54, 1.807) is 6.20 Å². The van der Waals surface area contributed by atoms with Crippen LogP contribution in [0.2, 0.25) is 0 Å². The Morgan fingerprint density at radius 3 is 2.57 bits per heavy atom. The standard InChI is InChI=1S/C15H18N6/c1-19-5-4-17-15(19)12-20-6-8-21(9-7-20)14-3-2-13(10-16)11-18-14/h2-5,11H,6-9,12H2,1H3. The fourth-order valence-electron chi connectivity index (χ4n) is 2.52. The molecule has 1 aliphatic heterocycles. The molecular weight excluding hydrogens is 264 g/mol. The maximum Gasteiger partial charge on any atom is 0.128 e. The van der Waals surface area contributed by atoms with E-state index in [9.17, 15) is 0 Å². The molecule has 6 nitrogen and oxygen atoms in total. The van der Waals surface area contributed by atoms with Crippen LogP contribution in [0.5, 0.6) is 0 Å². The quantitative estimate of drug-likeness (QED) is 0.841. The molecule has 0 atom stereocenters. The topological polar surface area (TPSA) is 61.0 Å². The maximum atomic E-state index is 8.80. The average molecular weight is 282 g/mol. The van der Waals surface area contributed by atoms with E-state index >= 15 is 0 Å². The van der Waals surface area contributed by atoms with Gasteiger partial charge in [0.05, 0.1) is 12.1 Å². The number of pyridine rings is 1. The molecule has 6 heteroatoms. The van der Waals surface area contributed by atoms with Gasteiger partial charge >= 0.3 is 0 Å². The normalized spacial score (nSPS) is 15.9. The summed E-state index contributed by atoms with van der Waals surface area (Å²) in [6.07, 6.45) is 5.45. The van der Waals surface area contributed by atoms with Crippen LogP contribution in [0.1, 0.15) is 11.4 Å². The van der Waals surface area contributed by atoms with Gasteiger partial charge in [0.25, 0.3) is 0 Å². The zero-order valence-corrected chi connectivity index (χ0v) is 12.1. The molecule has 3 heterocycles. The van der Waals surface area contributed by atoms with Crippen LogP contribution in [0, 0.1) is 11.3 Å². The predicted molar refractivity (Wildman–Crippen MR) is 79.7 cm³/mol. The van der Waals surface area contributed by atoms with Crippen molar-refractivity contribution in [1.82, 2.24) is 19.4 Å². The molecule has 0 bridgehead atoms. The molecule has 1 saturated heterocycles. The van der Waals surface area contributed by atoms with E-state index in [0.29, 0.717) is 5.56 Å². The molecule has 3 rings (SSSR count). The number of hydrogen-bond donors (Lipinski definition) is 0. The minimum absolute atomic E-state index is 0.604. The first-order valence-corrected chi connectivity index (χ1v) is 7.06. The first-order chi connectivity index (χ1) is 10.3. The Hall–Kier alpha value is -2.39. The van der Waals surface area contributed by atoms with Gasteiger partial charge in [-0.05, 0) is 12.1 Å². The number of piperazine rings is 1. The fourth-order valence-corrected chi connectivity index (χ4v) is 2.52. The molecular formula is C15H18N6. The maximum absolute atomic E-state index is 8.80. The Morgan fingerprint density at radius 2 is 2.00 bits per heavy atom. The van der Waals surface area contributed by atoms with Gasteiger partial charge < -0.3 is 9.47 Å². The third-order valence-corrected chi connectivity index (χ3v) is 3.86. The first-order valence-electron chi connectivity index (χ1n) is 7.06. The van der Waals surface area contributed by atoms with E-state index in [2.05, 4.69) is 30.4 Å². The van der Waals surface area contributed by atoms with Crippen molar-refractivity contribution in [3.63, 3.8) is 0 Å². The van der Waals surface area contributed by atoms with E-state index in [4.69, 9.17) is 5.26 Å². The molecule has 2 aromatic rings. The summed E-state index contributed by atoms with van der Waals surface area (Å²) in [5.74, 6) is 2.05. The van der Waals surface area contributed by atoms with Crippen molar-refractivity contribution in [2.45, 2.75) is 6.54 Å². The average Bonchev–Trinajstić information content (AvgIpc) is 2.93. The number of aromatic nitrogens is 3. The zero-order chi connectivity index (χ0) is 14.7. The number of hydrogen-bond acceptors (Lipinski definition) is 5. The van der Waals surface area contributed by atoms with Crippen molar-refractivity contribution in [1.29, 1.82) is 5.26 Å². The summed E-state index contributed by atoms with van der Waals surface area (Å²) in [4.78, 5) is 13.4. The SMILES string of the molecule is Cn1ccnc1CN1CCN(c2ccc(C#N)cn2)CC1. The molecule has 0 amide bonds. The van der Waals surface area contributed by atoms with E-state index in [1.807, 2.05) is 31.6 Å². The number of anilines is 1. The Balaban J connectivity index is 1.57. The van der Waals surface area contributed by atoms with Crippen LogP contribution in [-0.4, -0.2) is 45.6 Å². The van der Waals surface area contributed by atoms with Crippen molar-refractivity contribution in [3.05, 3.63) is 42.1 Å². The second kappa shape index (κ2) is 5.94. The highest BCUT2D eigenvalue weighted by atomic mass is 15.3. The van der Waals surface area contributed by atoms with Crippen molar-refractivity contribution < 1.29 is 0 Å². The summed E-state index contributed by atoms with van der Waals surface area (Å²) in [6, 6.07) is 5.84. The molecule has 2 aromatic heterocycles. The van der Waals surface area contributed by atoms with E-state index in [-0.39, 0.29) is 0 Å². The van der Waals surface area contributed by atoms with Gasteiger partial charge in [0.1, 0.15) is 17.7 Å². The van der Waals surface area contributed by atoms with Gasteiger partial charge in [-0.25, -0.2) is 9.97 Å². The molecule has 0 aliphatic carbocycles. The Kier molecular flexibility index (Phi) is 3.84. The van der Waals surface area contributed by atoms with Gasteiger partial charge in [0, 0.05) is 51.8 Å². The van der Waals surface area contributed by atoms with Gasteiger partial charge in [-0.3, -0.25) is 4.90 Å². The molecule has 0 radical (unpaired) electrons. The summed E-state index contributed by atoms with van der Waals surface area (Å²) in [6.45, 7) is 4.77. The Bertz CT molecular complexity index is 631. The van der Waals surface area contributed by atoms with Crippen molar-refractivity contribution in [2.24, 2.45) is 7.05 Å². The van der Waals surface area contributed by atoms with Crippen LogP contribution in [0.25, 0.3) is 0 Å². The summed E-state index contributed by atoms with van der Waals surface area (Å²) in [5.41, 5.74) is 0.604. The summed E-state index contributed by atoms with van der Waals surface area (Å²) in [5, 5.41) is 8.80. The van der Waals surface area contributed by atoms with Crippen LogP contribution in [0.3, 0.4) is 0 Å². The third kappa shape index (κ3) is 3.03. The van der Waals surface area contributed by atoms with Gasteiger partial charge in [-0.2, -0.15) is 5.26 Å². The molecule has 0 aromatic carbocycles. The van der Waals surface area contributed by atoms with Crippen LogP contribution in [0.15, 0.2) is 30.7 Å². The molecule has 0 saturated carbocycles. The lowest BCUT2D eigenvalue weighted by atomic mass is 10.2. The Labute approximate surface area is 124 Å².